The molecule has 2 aliphatic carbocycles. The Hall–Kier alpha value is -2.54. The van der Waals surface area contributed by atoms with Crippen molar-refractivity contribution in [2.45, 2.75) is 82.3 Å². The van der Waals surface area contributed by atoms with Gasteiger partial charge in [-0.05, 0) is 99.5 Å². The monoisotopic (exact) mass is 476 g/mol. The molecule has 0 heterocycles. The fourth-order valence-electron chi connectivity index (χ4n) is 5.21. The molecule has 1 N–H and O–H groups in total. The van der Waals surface area contributed by atoms with Gasteiger partial charge in [-0.15, -0.1) is 0 Å². The molecule has 7 heteroatoms. The molecule has 184 valence electrons. The first-order chi connectivity index (χ1) is 16.4. The molecule has 0 unspecified atom stereocenters. The smallest absolute Gasteiger partial charge is 0.338 e. The van der Waals surface area contributed by atoms with Gasteiger partial charge in [0.2, 0.25) is 0 Å². The van der Waals surface area contributed by atoms with E-state index >= 15 is 0 Å². The maximum absolute atomic E-state index is 15.0. The summed E-state index contributed by atoms with van der Waals surface area (Å²) in [5, 5.41) is 9.67. The van der Waals surface area contributed by atoms with Crippen molar-refractivity contribution in [3.05, 3.63) is 64.5 Å². The van der Waals surface area contributed by atoms with Gasteiger partial charge in [0.05, 0.1) is 18.3 Å². The predicted molar refractivity (Wildman–Crippen MR) is 122 cm³/mol. The molecule has 2 aromatic carbocycles. The molecule has 0 atom stereocenters. The van der Waals surface area contributed by atoms with Gasteiger partial charge in [0, 0.05) is 0 Å². The maximum Gasteiger partial charge on any atom is 0.338 e. The molecule has 2 aromatic rings. The number of hydrogen-bond acceptors (Lipinski definition) is 4. The van der Waals surface area contributed by atoms with Gasteiger partial charge in [-0.3, -0.25) is 0 Å². The van der Waals surface area contributed by atoms with Crippen LogP contribution in [0.4, 0.5) is 13.2 Å². The van der Waals surface area contributed by atoms with Crippen molar-refractivity contribution < 1.29 is 32.5 Å². The van der Waals surface area contributed by atoms with Crippen LogP contribution in [-0.4, -0.2) is 29.9 Å². The van der Waals surface area contributed by atoms with E-state index in [9.17, 15) is 23.1 Å². The Kier molecular flexibility index (Phi) is 7.81. The molecule has 0 aromatic heterocycles. The number of aliphatic hydroxyl groups excluding tert-OH is 1. The molecule has 4 nitrogen and oxygen atoms in total. The van der Waals surface area contributed by atoms with Gasteiger partial charge in [0.25, 0.3) is 0 Å². The van der Waals surface area contributed by atoms with Gasteiger partial charge >= 0.3 is 5.97 Å². The van der Waals surface area contributed by atoms with Gasteiger partial charge in [-0.1, -0.05) is 12.1 Å². The van der Waals surface area contributed by atoms with Crippen LogP contribution in [0.5, 0.6) is 5.75 Å². The van der Waals surface area contributed by atoms with Crippen LogP contribution in [0.15, 0.2) is 30.3 Å². The van der Waals surface area contributed by atoms with Crippen LogP contribution in [0.3, 0.4) is 0 Å². The summed E-state index contributed by atoms with van der Waals surface area (Å²) >= 11 is 0. The Morgan fingerprint density at radius 3 is 1.97 bits per heavy atom. The first-order valence-corrected chi connectivity index (χ1v) is 12.2. The summed E-state index contributed by atoms with van der Waals surface area (Å²) in [4.78, 5) is 12.4. The zero-order chi connectivity index (χ0) is 24.2. The van der Waals surface area contributed by atoms with Gasteiger partial charge in [0.1, 0.15) is 6.10 Å². The highest BCUT2D eigenvalue weighted by atomic mass is 19.2. The van der Waals surface area contributed by atoms with E-state index in [0.717, 1.165) is 6.07 Å². The molecule has 4 rings (SSSR count). The fourth-order valence-corrected chi connectivity index (χ4v) is 5.21. The molecule has 34 heavy (non-hydrogen) atoms. The third-order valence-electron chi connectivity index (χ3n) is 7.13. The Morgan fingerprint density at radius 2 is 1.44 bits per heavy atom. The van der Waals surface area contributed by atoms with Crippen LogP contribution < -0.4 is 4.74 Å². The van der Waals surface area contributed by atoms with Gasteiger partial charge < -0.3 is 14.6 Å². The van der Waals surface area contributed by atoms with Crippen LogP contribution in [0.2, 0.25) is 0 Å². The van der Waals surface area contributed by atoms with E-state index in [1.54, 1.807) is 19.1 Å². The van der Waals surface area contributed by atoms with Crippen molar-refractivity contribution in [3.8, 4) is 5.75 Å². The summed E-state index contributed by atoms with van der Waals surface area (Å²) in [7, 11) is 0. The number of carbonyl (C=O) groups is 1. The fraction of sp³-hybridized carbons (Fsp3) is 0.519. The van der Waals surface area contributed by atoms with E-state index < -0.39 is 23.4 Å². The largest absolute Gasteiger partial charge is 0.491 e. The third-order valence-corrected chi connectivity index (χ3v) is 7.13. The molecular weight excluding hydrogens is 445 g/mol. The maximum atomic E-state index is 15.0. The number of aliphatic hydroxyl groups is 1. The van der Waals surface area contributed by atoms with E-state index in [2.05, 4.69) is 0 Å². The summed E-state index contributed by atoms with van der Waals surface area (Å²) in [5.41, 5.74) is 0.885. The number of ether oxygens (including phenoxy) is 2. The minimum Gasteiger partial charge on any atom is -0.491 e. The van der Waals surface area contributed by atoms with E-state index in [1.165, 1.54) is 12.1 Å². The molecule has 2 fully saturated rings. The topological polar surface area (TPSA) is 55.8 Å². The van der Waals surface area contributed by atoms with Gasteiger partial charge in [-0.2, -0.15) is 0 Å². The van der Waals surface area contributed by atoms with Crippen LogP contribution in [0.25, 0.3) is 0 Å². The Bertz CT molecular complexity index is 1010. The second kappa shape index (κ2) is 10.8. The Balaban J connectivity index is 1.35. The van der Waals surface area contributed by atoms with Crippen molar-refractivity contribution in [2.24, 2.45) is 0 Å². The molecule has 0 amide bonds. The molecule has 0 saturated heterocycles. The lowest BCUT2D eigenvalue weighted by Gasteiger charge is -2.30. The first kappa shape index (κ1) is 24.6. The summed E-state index contributed by atoms with van der Waals surface area (Å²) in [6, 6.07) is 7.37. The minimum atomic E-state index is -0.783. The molecule has 0 aliphatic heterocycles. The lowest BCUT2D eigenvalue weighted by Crippen LogP contribution is -2.24. The van der Waals surface area contributed by atoms with Crippen molar-refractivity contribution >= 4 is 5.97 Å². The third kappa shape index (κ3) is 5.40. The molecule has 2 saturated carbocycles. The Morgan fingerprint density at radius 1 is 0.882 bits per heavy atom. The predicted octanol–water partition coefficient (Wildman–Crippen LogP) is 6.40. The zero-order valence-electron chi connectivity index (χ0n) is 19.4. The highest BCUT2D eigenvalue weighted by Gasteiger charge is 2.30. The van der Waals surface area contributed by atoms with Crippen molar-refractivity contribution in [3.63, 3.8) is 0 Å². The number of hydrogen-bond donors (Lipinski definition) is 1. The van der Waals surface area contributed by atoms with Crippen LogP contribution in [-0.2, 0) is 4.74 Å². The molecule has 0 bridgehead atoms. The summed E-state index contributed by atoms with van der Waals surface area (Å²) in [6.07, 6.45) is 4.04. The number of rotatable bonds is 6. The average molecular weight is 477 g/mol. The van der Waals surface area contributed by atoms with Crippen molar-refractivity contribution in [1.29, 1.82) is 0 Å². The Labute approximate surface area is 198 Å². The van der Waals surface area contributed by atoms with Crippen LogP contribution in [0.1, 0.15) is 91.6 Å². The summed E-state index contributed by atoms with van der Waals surface area (Å²) in [6.45, 7) is 2.07. The number of esters is 1. The highest BCUT2D eigenvalue weighted by molar-refractivity contribution is 5.89. The second-order valence-electron chi connectivity index (χ2n) is 9.33. The standard InChI is InChI=1S/C27H31F3O4/c1-2-33-24-14-7-18(15-23(24)28)27(32)34-20-10-5-17(6-11-20)22-13-12-21(25(29)26(22)30)16-3-8-19(31)9-4-16/h7,12-17,19-20,31H,2-6,8-11H2,1H3. The summed E-state index contributed by atoms with van der Waals surface area (Å²) in [5.74, 6) is -2.90. The number of carbonyl (C=O) groups excluding carboxylic acids is 1. The van der Waals surface area contributed by atoms with Gasteiger partial charge in [-0.25, -0.2) is 18.0 Å². The lowest BCUT2D eigenvalue weighted by atomic mass is 9.79. The normalized spacial score (nSPS) is 25.1. The van der Waals surface area contributed by atoms with E-state index in [-0.39, 0.29) is 35.4 Å². The van der Waals surface area contributed by atoms with Crippen molar-refractivity contribution in [2.75, 3.05) is 6.61 Å². The highest BCUT2D eigenvalue weighted by Crippen LogP contribution is 2.40. The van der Waals surface area contributed by atoms with E-state index in [0.29, 0.717) is 69.1 Å². The summed E-state index contributed by atoms with van der Waals surface area (Å²) < 4.78 is 54.6. The lowest BCUT2D eigenvalue weighted by molar-refractivity contribution is 0.0193. The van der Waals surface area contributed by atoms with Gasteiger partial charge in [0.15, 0.2) is 23.2 Å². The molecule has 0 radical (unpaired) electrons. The molecule has 0 spiro atoms. The zero-order valence-corrected chi connectivity index (χ0v) is 19.4. The van der Waals surface area contributed by atoms with Crippen LogP contribution in [0, 0.1) is 17.5 Å². The number of benzene rings is 2. The molecular formula is C27H31F3O4. The second-order valence-corrected chi connectivity index (χ2v) is 9.33. The quantitative estimate of drug-likeness (QED) is 0.490. The van der Waals surface area contributed by atoms with Crippen LogP contribution >= 0.6 is 0 Å². The van der Waals surface area contributed by atoms with E-state index in [1.807, 2.05) is 0 Å². The average Bonchev–Trinajstić information content (AvgIpc) is 2.83. The first-order valence-electron chi connectivity index (χ1n) is 12.2. The van der Waals surface area contributed by atoms with E-state index in [4.69, 9.17) is 9.47 Å². The number of halogens is 3. The minimum absolute atomic E-state index is 0.0606. The van der Waals surface area contributed by atoms with Crippen molar-refractivity contribution in [1.82, 2.24) is 0 Å². The SMILES string of the molecule is CCOc1ccc(C(=O)OC2CCC(c3ccc(C4CCC(O)CC4)c(F)c3F)CC2)cc1F. The molecule has 2 aliphatic rings.